The van der Waals surface area contributed by atoms with E-state index in [9.17, 15) is 18.0 Å². The van der Waals surface area contributed by atoms with Gasteiger partial charge in [-0.15, -0.1) is 0 Å². The number of methoxy groups -OCH3 is 1. The summed E-state index contributed by atoms with van der Waals surface area (Å²) in [6.45, 7) is 5.12. The maximum atomic E-state index is 14.1. The second kappa shape index (κ2) is 14.6. The summed E-state index contributed by atoms with van der Waals surface area (Å²) in [6.07, 6.45) is 1.03. The van der Waals surface area contributed by atoms with Crippen molar-refractivity contribution in [2.75, 3.05) is 18.0 Å². The summed E-state index contributed by atoms with van der Waals surface area (Å²) in [5, 5.41) is 3.33. The number of carbonyl (C=O) groups excluding carboxylic acids is 2. The Labute approximate surface area is 252 Å². The molecule has 0 spiro atoms. The van der Waals surface area contributed by atoms with Gasteiger partial charge in [0.2, 0.25) is 11.8 Å². The molecule has 0 radical (unpaired) electrons. The summed E-state index contributed by atoms with van der Waals surface area (Å²) in [5.41, 5.74) is 0.839. The zero-order valence-electron chi connectivity index (χ0n) is 23.5. The molecule has 0 heterocycles. The number of ether oxygens (including phenoxy) is 1. The van der Waals surface area contributed by atoms with Crippen LogP contribution in [0.5, 0.6) is 5.75 Å². The van der Waals surface area contributed by atoms with E-state index < -0.39 is 28.5 Å². The van der Waals surface area contributed by atoms with E-state index >= 15 is 0 Å². The van der Waals surface area contributed by atoms with Gasteiger partial charge in [0.15, 0.2) is 0 Å². The van der Waals surface area contributed by atoms with Gasteiger partial charge < -0.3 is 15.0 Å². The van der Waals surface area contributed by atoms with Gasteiger partial charge in [0.1, 0.15) is 18.3 Å². The summed E-state index contributed by atoms with van der Waals surface area (Å²) in [6, 6.07) is 18.3. The van der Waals surface area contributed by atoms with Crippen LogP contribution in [0.2, 0.25) is 10.0 Å². The number of halogens is 2. The fraction of sp³-hybridized carbons (Fsp3) is 0.333. The number of sulfonamides is 1. The van der Waals surface area contributed by atoms with Crippen molar-refractivity contribution >= 4 is 50.7 Å². The number of nitrogens with zero attached hydrogens (tertiary/aromatic N) is 2. The third kappa shape index (κ3) is 8.15. The summed E-state index contributed by atoms with van der Waals surface area (Å²) >= 11 is 12.5. The van der Waals surface area contributed by atoms with Crippen molar-refractivity contribution < 1.29 is 22.7 Å². The first kappa shape index (κ1) is 32.2. The number of hydrogen-bond donors (Lipinski definition) is 1. The van der Waals surface area contributed by atoms with Gasteiger partial charge in [-0.3, -0.25) is 13.9 Å². The highest BCUT2D eigenvalue weighted by Gasteiger charge is 2.34. The van der Waals surface area contributed by atoms with Crippen molar-refractivity contribution in [2.45, 2.75) is 57.1 Å². The standard InChI is InChI=1S/C30H35Cl2N3O5S/c1-5-21(3)33-30(37)27(6-2)34(19-22-12-15-24(40-4)16-13-22)29(36)20-35(28-17-14-23(31)18-26(28)32)41(38,39)25-10-8-7-9-11-25/h7-18,21,27H,5-6,19-20H2,1-4H3,(H,33,37)/t21-,27-/m0/s1. The number of rotatable bonds is 13. The Balaban J connectivity index is 2.07. The molecule has 11 heteroatoms. The van der Waals surface area contributed by atoms with Gasteiger partial charge >= 0.3 is 0 Å². The van der Waals surface area contributed by atoms with Gasteiger partial charge in [-0.2, -0.15) is 0 Å². The van der Waals surface area contributed by atoms with Gasteiger partial charge in [0.05, 0.1) is 22.7 Å². The van der Waals surface area contributed by atoms with Crippen molar-refractivity contribution in [2.24, 2.45) is 0 Å². The Morgan fingerprint density at radius 2 is 1.61 bits per heavy atom. The molecule has 0 saturated carbocycles. The van der Waals surface area contributed by atoms with Gasteiger partial charge in [-0.25, -0.2) is 8.42 Å². The topological polar surface area (TPSA) is 96.0 Å². The molecule has 2 amide bonds. The molecule has 0 bridgehead atoms. The van der Waals surface area contributed by atoms with E-state index in [0.29, 0.717) is 23.6 Å². The predicted molar refractivity (Wildman–Crippen MR) is 163 cm³/mol. The lowest BCUT2D eigenvalue weighted by molar-refractivity contribution is -0.140. The molecule has 0 aliphatic heterocycles. The first-order valence-corrected chi connectivity index (χ1v) is 15.5. The average Bonchev–Trinajstić information content (AvgIpc) is 2.96. The Morgan fingerprint density at radius 3 is 2.17 bits per heavy atom. The fourth-order valence-corrected chi connectivity index (χ4v) is 6.22. The molecule has 3 aromatic rings. The van der Waals surface area contributed by atoms with E-state index in [4.69, 9.17) is 27.9 Å². The van der Waals surface area contributed by atoms with E-state index in [-0.39, 0.29) is 34.1 Å². The van der Waals surface area contributed by atoms with Crippen LogP contribution >= 0.6 is 23.2 Å². The highest BCUT2D eigenvalue weighted by molar-refractivity contribution is 7.92. The van der Waals surface area contributed by atoms with Crippen molar-refractivity contribution in [1.82, 2.24) is 10.2 Å². The largest absolute Gasteiger partial charge is 0.497 e. The Morgan fingerprint density at radius 1 is 0.951 bits per heavy atom. The Bertz CT molecular complexity index is 1440. The lowest BCUT2D eigenvalue weighted by Crippen LogP contribution is -2.53. The smallest absolute Gasteiger partial charge is 0.264 e. The second-order valence-electron chi connectivity index (χ2n) is 9.53. The van der Waals surface area contributed by atoms with Gasteiger partial charge in [-0.1, -0.05) is 67.4 Å². The Hall–Kier alpha value is -3.27. The molecule has 3 aromatic carbocycles. The first-order chi connectivity index (χ1) is 19.5. The number of carbonyl (C=O) groups is 2. The maximum Gasteiger partial charge on any atom is 0.264 e. The molecule has 0 aromatic heterocycles. The molecular weight excluding hydrogens is 585 g/mol. The SMILES string of the molecule is CC[C@H](C)NC(=O)[C@H](CC)N(Cc1ccc(OC)cc1)C(=O)CN(c1ccc(Cl)cc1Cl)S(=O)(=O)c1ccccc1. The van der Waals surface area contributed by atoms with Crippen LogP contribution in [0.4, 0.5) is 5.69 Å². The van der Waals surface area contributed by atoms with Crippen LogP contribution in [0.1, 0.15) is 39.2 Å². The van der Waals surface area contributed by atoms with Crippen LogP contribution in [0.15, 0.2) is 77.7 Å². The van der Waals surface area contributed by atoms with E-state index in [1.165, 1.54) is 35.2 Å². The number of anilines is 1. The molecule has 0 saturated heterocycles. The van der Waals surface area contributed by atoms with Gasteiger partial charge in [0, 0.05) is 17.6 Å². The first-order valence-electron chi connectivity index (χ1n) is 13.3. The fourth-order valence-electron chi connectivity index (χ4n) is 4.20. The molecule has 8 nitrogen and oxygen atoms in total. The molecule has 220 valence electrons. The van der Waals surface area contributed by atoms with Crippen LogP contribution in [-0.2, 0) is 26.2 Å². The molecule has 41 heavy (non-hydrogen) atoms. The van der Waals surface area contributed by atoms with Crippen molar-refractivity contribution in [3.8, 4) is 5.75 Å². The lowest BCUT2D eigenvalue weighted by atomic mass is 10.1. The lowest BCUT2D eigenvalue weighted by Gasteiger charge is -2.34. The van der Waals surface area contributed by atoms with Crippen LogP contribution in [0.3, 0.4) is 0 Å². The molecule has 0 fully saturated rings. The summed E-state index contributed by atoms with van der Waals surface area (Å²) in [4.78, 5) is 28.9. The van der Waals surface area contributed by atoms with Gasteiger partial charge in [-0.05, 0) is 67.8 Å². The zero-order chi connectivity index (χ0) is 30.2. The zero-order valence-corrected chi connectivity index (χ0v) is 25.8. The van der Waals surface area contributed by atoms with E-state index in [0.717, 1.165) is 9.87 Å². The summed E-state index contributed by atoms with van der Waals surface area (Å²) in [5.74, 6) is -0.242. The third-order valence-corrected chi connectivity index (χ3v) is 9.00. The number of hydrogen-bond acceptors (Lipinski definition) is 5. The van der Waals surface area contributed by atoms with Crippen LogP contribution in [0, 0.1) is 0 Å². The number of nitrogens with one attached hydrogen (secondary N) is 1. The van der Waals surface area contributed by atoms with Crippen molar-refractivity contribution in [1.29, 1.82) is 0 Å². The van der Waals surface area contributed by atoms with Crippen molar-refractivity contribution in [3.63, 3.8) is 0 Å². The minimum atomic E-state index is -4.23. The molecule has 3 rings (SSSR count). The second-order valence-corrected chi connectivity index (χ2v) is 12.2. The highest BCUT2D eigenvalue weighted by atomic mass is 35.5. The van der Waals surface area contributed by atoms with Crippen LogP contribution in [-0.4, -0.2) is 50.9 Å². The minimum absolute atomic E-state index is 0.0120. The molecular formula is C30H35Cl2N3O5S. The summed E-state index contributed by atoms with van der Waals surface area (Å²) in [7, 11) is -2.68. The monoisotopic (exact) mass is 619 g/mol. The molecule has 0 aliphatic rings. The van der Waals surface area contributed by atoms with Gasteiger partial charge in [0.25, 0.3) is 10.0 Å². The highest BCUT2D eigenvalue weighted by Crippen LogP contribution is 2.33. The van der Waals surface area contributed by atoms with Crippen LogP contribution < -0.4 is 14.4 Å². The molecule has 0 unspecified atom stereocenters. The summed E-state index contributed by atoms with van der Waals surface area (Å²) < 4.78 is 34.0. The number of benzene rings is 3. The molecule has 2 atom stereocenters. The average molecular weight is 621 g/mol. The van der Waals surface area contributed by atoms with E-state index in [1.807, 2.05) is 20.8 Å². The third-order valence-electron chi connectivity index (χ3n) is 6.69. The van der Waals surface area contributed by atoms with Crippen LogP contribution in [0.25, 0.3) is 0 Å². The van der Waals surface area contributed by atoms with E-state index in [2.05, 4.69) is 5.32 Å². The normalized spacial score (nSPS) is 12.7. The predicted octanol–water partition coefficient (Wildman–Crippen LogP) is 5.92. The van der Waals surface area contributed by atoms with E-state index in [1.54, 1.807) is 49.6 Å². The molecule has 1 N–H and O–H groups in total. The Kier molecular flexibility index (Phi) is 11.5. The minimum Gasteiger partial charge on any atom is -0.497 e. The molecule has 0 aliphatic carbocycles. The maximum absolute atomic E-state index is 14.1. The quantitative estimate of drug-likeness (QED) is 0.256. The number of amides is 2. The van der Waals surface area contributed by atoms with Crippen molar-refractivity contribution in [3.05, 3.63) is 88.4 Å².